The number of hydrogen-bond donors (Lipinski definition) is 1. The first kappa shape index (κ1) is 19.3. The summed E-state index contributed by atoms with van der Waals surface area (Å²) in [5, 5.41) is 13.8. The van der Waals surface area contributed by atoms with Crippen LogP contribution in [0.5, 0.6) is 0 Å². The minimum atomic E-state index is -0.464. The molecular formula is C20H23N3O3. The first-order valence-electron chi connectivity index (χ1n) is 8.57. The van der Waals surface area contributed by atoms with E-state index in [9.17, 15) is 14.9 Å². The number of nitro groups is 1. The summed E-state index contributed by atoms with van der Waals surface area (Å²) in [4.78, 5) is 25.0. The standard InChI is InChI=1S/C20H23N3O3/c1-3-22(4-2)15-16-8-7-10-18(14-16)21-20(24)13-12-17-9-5-6-11-19(17)23(25)26/h5-14H,3-4,15H2,1-2H3,(H,21,24)/b13-12+. The third kappa shape index (κ3) is 5.53. The molecule has 2 aromatic rings. The molecule has 0 bridgehead atoms. The Kier molecular flexibility index (Phi) is 7.05. The van der Waals surface area contributed by atoms with E-state index in [0.29, 0.717) is 11.3 Å². The van der Waals surface area contributed by atoms with Crippen molar-refractivity contribution >= 4 is 23.4 Å². The molecule has 2 aromatic carbocycles. The summed E-state index contributed by atoms with van der Waals surface area (Å²) < 4.78 is 0. The number of rotatable bonds is 8. The number of nitrogens with one attached hydrogen (secondary N) is 1. The molecule has 0 spiro atoms. The van der Waals surface area contributed by atoms with Crippen molar-refractivity contribution < 1.29 is 9.72 Å². The monoisotopic (exact) mass is 353 g/mol. The molecule has 0 aliphatic heterocycles. The maximum atomic E-state index is 12.1. The van der Waals surface area contributed by atoms with Gasteiger partial charge in [0.2, 0.25) is 5.91 Å². The lowest BCUT2D eigenvalue weighted by molar-refractivity contribution is -0.385. The van der Waals surface area contributed by atoms with Gasteiger partial charge in [-0.2, -0.15) is 0 Å². The average Bonchev–Trinajstić information content (AvgIpc) is 2.65. The van der Waals surface area contributed by atoms with Gasteiger partial charge in [-0.15, -0.1) is 0 Å². The van der Waals surface area contributed by atoms with Crippen molar-refractivity contribution in [2.45, 2.75) is 20.4 Å². The van der Waals surface area contributed by atoms with Crippen molar-refractivity contribution in [1.82, 2.24) is 4.90 Å². The van der Waals surface area contributed by atoms with E-state index in [1.54, 1.807) is 18.2 Å². The van der Waals surface area contributed by atoms with E-state index in [-0.39, 0.29) is 11.6 Å². The number of carbonyl (C=O) groups is 1. The van der Waals surface area contributed by atoms with Crippen LogP contribution < -0.4 is 5.32 Å². The Morgan fingerprint density at radius 1 is 1.15 bits per heavy atom. The molecule has 26 heavy (non-hydrogen) atoms. The normalized spacial score (nSPS) is 11.0. The van der Waals surface area contributed by atoms with Gasteiger partial charge in [0.25, 0.3) is 5.69 Å². The minimum Gasteiger partial charge on any atom is -0.323 e. The highest BCUT2D eigenvalue weighted by atomic mass is 16.6. The number of para-hydroxylation sites is 1. The highest BCUT2D eigenvalue weighted by Gasteiger charge is 2.10. The molecule has 0 aliphatic rings. The lowest BCUT2D eigenvalue weighted by atomic mass is 10.1. The maximum Gasteiger partial charge on any atom is 0.276 e. The van der Waals surface area contributed by atoms with E-state index >= 15 is 0 Å². The number of benzene rings is 2. The van der Waals surface area contributed by atoms with Crippen LogP contribution in [0.4, 0.5) is 11.4 Å². The average molecular weight is 353 g/mol. The first-order valence-corrected chi connectivity index (χ1v) is 8.57. The Morgan fingerprint density at radius 2 is 1.88 bits per heavy atom. The van der Waals surface area contributed by atoms with Crippen molar-refractivity contribution in [2.75, 3.05) is 18.4 Å². The molecular weight excluding hydrogens is 330 g/mol. The predicted molar refractivity (Wildman–Crippen MR) is 104 cm³/mol. The molecule has 1 N–H and O–H groups in total. The molecule has 6 heteroatoms. The lowest BCUT2D eigenvalue weighted by Gasteiger charge is -2.18. The van der Waals surface area contributed by atoms with Gasteiger partial charge < -0.3 is 5.32 Å². The van der Waals surface area contributed by atoms with Crippen molar-refractivity contribution in [2.24, 2.45) is 0 Å². The molecule has 0 aromatic heterocycles. The zero-order valence-electron chi connectivity index (χ0n) is 15.0. The van der Waals surface area contributed by atoms with E-state index < -0.39 is 4.92 Å². The van der Waals surface area contributed by atoms with Gasteiger partial charge in [-0.1, -0.05) is 38.1 Å². The second kappa shape index (κ2) is 9.48. The van der Waals surface area contributed by atoms with Crippen LogP contribution in [-0.4, -0.2) is 28.8 Å². The third-order valence-corrected chi connectivity index (χ3v) is 4.04. The van der Waals surface area contributed by atoms with Crippen LogP contribution in [-0.2, 0) is 11.3 Å². The highest BCUT2D eigenvalue weighted by molar-refractivity contribution is 6.02. The SMILES string of the molecule is CCN(CC)Cc1cccc(NC(=O)/C=C/c2ccccc2[N+](=O)[O-])c1. The van der Waals surface area contributed by atoms with Crippen molar-refractivity contribution in [3.8, 4) is 0 Å². The molecule has 0 unspecified atom stereocenters. The summed E-state index contributed by atoms with van der Waals surface area (Å²) >= 11 is 0. The quantitative estimate of drug-likeness (QED) is 0.441. The van der Waals surface area contributed by atoms with E-state index in [1.165, 1.54) is 18.2 Å². The second-order valence-electron chi connectivity index (χ2n) is 5.80. The van der Waals surface area contributed by atoms with Gasteiger partial charge in [0.15, 0.2) is 0 Å². The molecule has 1 amide bonds. The zero-order chi connectivity index (χ0) is 18.9. The fourth-order valence-corrected chi connectivity index (χ4v) is 2.60. The third-order valence-electron chi connectivity index (χ3n) is 4.04. The van der Waals surface area contributed by atoms with Crippen LogP contribution in [0.15, 0.2) is 54.6 Å². The van der Waals surface area contributed by atoms with Gasteiger partial charge in [-0.25, -0.2) is 0 Å². The van der Waals surface area contributed by atoms with Gasteiger partial charge in [-0.05, 0) is 42.9 Å². The van der Waals surface area contributed by atoms with Crippen molar-refractivity contribution in [3.05, 3.63) is 75.8 Å². The summed E-state index contributed by atoms with van der Waals surface area (Å²) in [6.07, 6.45) is 2.76. The predicted octanol–water partition coefficient (Wildman–Crippen LogP) is 4.09. The van der Waals surface area contributed by atoms with Crippen LogP contribution in [0.25, 0.3) is 6.08 Å². The summed E-state index contributed by atoms with van der Waals surface area (Å²) in [6, 6.07) is 14.0. The van der Waals surface area contributed by atoms with Crippen LogP contribution in [0, 0.1) is 10.1 Å². The molecule has 0 atom stereocenters. The largest absolute Gasteiger partial charge is 0.323 e. The second-order valence-corrected chi connectivity index (χ2v) is 5.80. The number of carbonyl (C=O) groups excluding carboxylic acids is 1. The molecule has 0 saturated heterocycles. The molecule has 0 saturated carbocycles. The van der Waals surface area contributed by atoms with Gasteiger partial charge in [-0.3, -0.25) is 19.8 Å². The maximum absolute atomic E-state index is 12.1. The fraction of sp³-hybridized carbons (Fsp3) is 0.250. The number of nitrogens with zero attached hydrogens (tertiary/aromatic N) is 2. The van der Waals surface area contributed by atoms with E-state index in [1.807, 2.05) is 24.3 Å². The topological polar surface area (TPSA) is 75.5 Å². The lowest BCUT2D eigenvalue weighted by Crippen LogP contribution is -2.22. The highest BCUT2D eigenvalue weighted by Crippen LogP contribution is 2.19. The van der Waals surface area contributed by atoms with Gasteiger partial charge >= 0.3 is 0 Å². The van der Waals surface area contributed by atoms with Crippen LogP contribution in [0.2, 0.25) is 0 Å². The number of hydrogen-bond acceptors (Lipinski definition) is 4. The summed E-state index contributed by atoms with van der Waals surface area (Å²) in [7, 11) is 0. The Balaban J connectivity index is 2.05. The molecule has 0 radical (unpaired) electrons. The number of anilines is 1. The van der Waals surface area contributed by atoms with Crippen LogP contribution in [0.3, 0.4) is 0 Å². The van der Waals surface area contributed by atoms with Gasteiger partial charge in [0.1, 0.15) is 0 Å². The fourth-order valence-electron chi connectivity index (χ4n) is 2.60. The summed E-state index contributed by atoms with van der Waals surface area (Å²) in [5.74, 6) is -0.330. The molecule has 0 heterocycles. The van der Waals surface area contributed by atoms with Crippen LogP contribution >= 0.6 is 0 Å². The van der Waals surface area contributed by atoms with E-state index in [2.05, 4.69) is 24.1 Å². The van der Waals surface area contributed by atoms with Gasteiger partial charge in [0.05, 0.1) is 10.5 Å². The number of nitro benzene ring substituents is 1. The number of amides is 1. The smallest absolute Gasteiger partial charge is 0.276 e. The Hall–Kier alpha value is -2.99. The Bertz CT molecular complexity index is 798. The Labute approximate surface area is 153 Å². The molecule has 0 fully saturated rings. The molecule has 136 valence electrons. The summed E-state index contributed by atoms with van der Waals surface area (Å²) in [6.45, 7) is 6.98. The van der Waals surface area contributed by atoms with Gasteiger partial charge in [0, 0.05) is 24.4 Å². The molecule has 6 nitrogen and oxygen atoms in total. The van der Waals surface area contributed by atoms with Crippen molar-refractivity contribution in [1.29, 1.82) is 0 Å². The minimum absolute atomic E-state index is 0.0298. The van der Waals surface area contributed by atoms with Crippen LogP contribution in [0.1, 0.15) is 25.0 Å². The molecule has 2 rings (SSSR count). The molecule has 0 aliphatic carbocycles. The first-order chi connectivity index (χ1) is 12.5. The Morgan fingerprint density at radius 3 is 2.58 bits per heavy atom. The zero-order valence-corrected chi connectivity index (χ0v) is 15.0. The van der Waals surface area contributed by atoms with E-state index in [0.717, 1.165) is 25.2 Å². The van der Waals surface area contributed by atoms with Crippen molar-refractivity contribution in [3.63, 3.8) is 0 Å². The van der Waals surface area contributed by atoms with E-state index in [4.69, 9.17) is 0 Å². The summed E-state index contributed by atoms with van der Waals surface area (Å²) in [5.41, 5.74) is 2.18.